The van der Waals surface area contributed by atoms with Crippen LogP contribution in [-0.4, -0.2) is 4.98 Å². The smallest absolute Gasteiger partial charge is 0.215 e. The Hall–Kier alpha value is -2.69. The van der Waals surface area contributed by atoms with Crippen molar-refractivity contribution in [3.63, 3.8) is 0 Å². The number of nitrogens with one attached hydrogen (secondary N) is 1. The maximum absolute atomic E-state index is 12.1. The average Bonchev–Trinajstić information content (AvgIpc) is 2.41. The molecule has 0 amide bonds. The number of H-pyrrole nitrogens is 1. The van der Waals surface area contributed by atoms with Crippen molar-refractivity contribution in [1.82, 2.24) is 4.98 Å². The molecule has 18 heavy (non-hydrogen) atoms. The third-order valence-corrected chi connectivity index (χ3v) is 2.87. The molecule has 5 nitrogen and oxygen atoms in total. The minimum atomic E-state index is -0.177. The molecule has 0 bridgehead atoms. The molecule has 0 saturated heterocycles. The van der Waals surface area contributed by atoms with E-state index < -0.39 is 0 Å². The highest BCUT2D eigenvalue weighted by Crippen LogP contribution is 2.24. The fourth-order valence-corrected chi connectivity index (χ4v) is 2.02. The molecule has 0 spiro atoms. The van der Waals surface area contributed by atoms with Gasteiger partial charge in [-0.25, -0.2) is 0 Å². The predicted molar refractivity (Wildman–Crippen MR) is 69.9 cm³/mol. The van der Waals surface area contributed by atoms with Gasteiger partial charge in [0.1, 0.15) is 5.69 Å². The lowest BCUT2D eigenvalue weighted by Gasteiger charge is -2.07. The van der Waals surface area contributed by atoms with Crippen LogP contribution in [0.25, 0.3) is 22.2 Å². The number of fused-ring (bicyclic) bond motifs is 2. The van der Waals surface area contributed by atoms with Crippen molar-refractivity contribution in [2.45, 2.75) is 0 Å². The summed E-state index contributed by atoms with van der Waals surface area (Å²) in [4.78, 5) is 15.3. The SMILES string of the molecule is NN=Nc1ccc2[nH]c3ccccc3cc-2c1=O. The molecular formula is C13H10N4O. The Morgan fingerprint density at radius 3 is 2.78 bits per heavy atom. The minimum absolute atomic E-state index is 0.177. The number of nitrogens with two attached hydrogens (primary N) is 1. The van der Waals surface area contributed by atoms with E-state index in [1.807, 2.05) is 30.3 Å². The van der Waals surface area contributed by atoms with Crippen molar-refractivity contribution in [1.29, 1.82) is 0 Å². The Morgan fingerprint density at radius 2 is 1.94 bits per heavy atom. The highest BCUT2D eigenvalue weighted by molar-refractivity contribution is 5.86. The van der Waals surface area contributed by atoms with E-state index >= 15 is 0 Å². The van der Waals surface area contributed by atoms with Crippen LogP contribution < -0.4 is 11.3 Å². The topological polar surface area (TPSA) is 83.6 Å². The lowest BCUT2D eigenvalue weighted by Crippen LogP contribution is -2.06. The number of hydrogen-bond acceptors (Lipinski definition) is 3. The number of benzene rings is 2. The van der Waals surface area contributed by atoms with Gasteiger partial charge in [0.15, 0.2) is 0 Å². The van der Waals surface area contributed by atoms with Gasteiger partial charge in [-0.15, -0.1) is 5.11 Å². The van der Waals surface area contributed by atoms with E-state index in [0.29, 0.717) is 5.56 Å². The van der Waals surface area contributed by atoms with Crippen molar-refractivity contribution in [2.75, 3.05) is 0 Å². The third kappa shape index (κ3) is 1.53. The molecule has 0 aromatic heterocycles. The van der Waals surface area contributed by atoms with Gasteiger partial charge in [-0.1, -0.05) is 23.4 Å². The van der Waals surface area contributed by atoms with Crippen LogP contribution in [0.4, 0.5) is 5.69 Å². The van der Waals surface area contributed by atoms with Crippen LogP contribution in [0.1, 0.15) is 0 Å². The first-order valence-electron chi connectivity index (χ1n) is 5.45. The summed E-state index contributed by atoms with van der Waals surface area (Å²) in [6, 6.07) is 13.0. The van der Waals surface area contributed by atoms with Crippen LogP contribution in [0.15, 0.2) is 57.6 Å². The molecule has 3 N–H and O–H groups in total. The summed E-state index contributed by atoms with van der Waals surface area (Å²) >= 11 is 0. The van der Waals surface area contributed by atoms with E-state index in [-0.39, 0.29) is 11.1 Å². The predicted octanol–water partition coefficient (Wildman–Crippen LogP) is 2.59. The Morgan fingerprint density at radius 1 is 1.11 bits per heavy atom. The van der Waals surface area contributed by atoms with E-state index in [9.17, 15) is 4.79 Å². The Labute approximate surface area is 102 Å². The first-order chi connectivity index (χ1) is 8.79. The van der Waals surface area contributed by atoms with Gasteiger partial charge in [0.05, 0.1) is 0 Å². The number of aromatic nitrogens is 1. The monoisotopic (exact) mass is 238 g/mol. The summed E-state index contributed by atoms with van der Waals surface area (Å²) in [6.45, 7) is 0. The quantitative estimate of drug-likeness (QED) is 0.295. The second-order valence-electron chi connectivity index (χ2n) is 3.95. The Kier molecular flexibility index (Phi) is 2.30. The molecule has 1 aliphatic carbocycles. The number of hydrogen-bond donors (Lipinski definition) is 2. The number of pyridine rings is 1. The average molecular weight is 238 g/mol. The molecule has 0 fully saturated rings. The standard InChI is InChI=1S/C13H10N4O/c14-17-16-12-6-5-11-9(13(12)18)7-8-3-1-2-4-10(8)15-11/h1-7,15H,(H2,14,16). The van der Waals surface area contributed by atoms with E-state index in [2.05, 4.69) is 15.3 Å². The Balaban J connectivity index is 2.41. The number of aromatic amines is 1. The van der Waals surface area contributed by atoms with Gasteiger partial charge in [-0.05, 0) is 29.7 Å². The number of para-hydroxylation sites is 1. The van der Waals surface area contributed by atoms with Gasteiger partial charge in [0.2, 0.25) is 5.43 Å². The summed E-state index contributed by atoms with van der Waals surface area (Å²) in [5, 5.41) is 7.74. The van der Waals surface area contributed by atoms with Crippen molar-refractivity contribution in [3.8, 4) is 11.3 Å². The summed E-state index contributed by atoms with van der Waals surface area (Å²) in [6.07, 6.45) is 0. The van der Waals surface area contributed by atoms with Crippen molar-refractivity contribution in [3.05, 3.63) is 52.7 Å². The second-order valence-corrected chi connectivity index (χ2v) is 3.95. The first kappa shape index (κ1) is 10.5. The third-order valence-electron chi connectivity index (χ3n) is 2.87. The number of rotatable bonds is 1. The van der Waals surface area contributed by atoms with Crippen LogP contribution in [-0.2, 0) is 0 Å². The van der Waals surface area contributed by atoms with Gasteiger partial charge in [-0.2, -0.15) is 0 Å². The van der Waals surface area contributed by atoms with Crippen LogP contribution in [0, 0.1) is 0 Å². The van der Waals surface area contributed by atoms with Crippen molar-refractivity contribution < 1.29 is 0 Å². The van der Waals surface area contributed by atoms with E-state index in [4.69, 9.17) is 5.84 Å². The zero-order chi connectivity index (χ0) is 12.5. The molecule has 0 radical (unpaired) electrons. The van der Waals surface area contributed by atoms with E-state index in [1.165, 1.54) is 0 Å². The molecule has 1 aliphatic heterocycles. The van der Waals surface area contributed by atoms with Crippen LogP contribution >= 0.6 is 0 Å². The summed E-state index contributed by atoms with van der Waals surface area (Å²) in [5.41, 5.74) is 2.41. The second kappa shape index (κ2) is 3.96. The highest BCUT2D eigenvalue weighted by atomic mass is 16.1. The lowest BCUT2D eigenvalue weighted by molar-refractivity contribution is 1.06. The molecule has 1 heterocycles. The van der Waals surface area contributed by atoms with E-state index in [1.54, 1.807) is 12.1 Å². The molecule has 0 saturated carbocycles. The zero-order valence-corrected chi connectivity index (χ0v) is 9.42. The lowest BCUT2D eigenvalue weighted by atomic mass is 10.0. The summed E-state index contributed by atoms with van der Waals surface area (Å²) in [5.74, 6) is 4.98. The summed E-state index contributed by atoms with van der Waals surface area (Å²) < 4.78 is 0. The molecule has 5 heteroatoms. The van der Waals surface area contributed by atoms with Crippen LogP contribution in [0.5, 0.6) is 0 Å². The molecule has 88 valence electrons. The molecule has 0 unspecified atom stereocenters. The zero-order valence-electron chi connectivity index (χ0n) is 9.42. The van der Waals surface area contributed by atoms with E-state index in [0.717, 1.165) is 16.6 Å². The molecule has 2 aliphatic rings. The van der Waals surface area contributed by atoms with Gasteiger partial charge in [-0.3, -0.25) is 4.79 Å². The molecule has 3 rings (SSSR count). The normalized spacial score (nSPS) is 11.6. The highest BCUT2D eigenvalue weighted by Gasteiger charge is 2.11. The Bertz CT molecular complexity index is 775. The molecule has 0 atom stereocenters. The maximum atomic E-state index is 12.1. The molecular weight excluding hydrogens is 228 g/mol. The fourth-order valence-electron chi connectivity index (χ4n) is 2.02. The fraction of sp³-hybridized carbons (Fsp3) is 0. The van der Waals surface area contributed by atoms with Crippen LogP contribution in [0.2, 0.25) is 0 Å². The summed E-state index contributed by atoms with van der Waals surface area (Å²) in [7, 11) is 0. The first-order valence-corrected chi connectivity index (χ1v) is 5.45. The van der Waals surface area contributed by atoms with Crippen molar-refractivity contribution in [2.24, 2.45) is 16.2 Å². The largest absolute Gasteiger partial charge is 0.354 e. The maximum Gasteiger partial charge on any atom is 0.215 e. The van der Waals surface area contributed by atoms with Crippen molar-refractivity contribution >= 4 is 16.6 Å². The minimum Gasteiger partial charge on any atom is -0.354 e. The van der Waals surface area contributed by atoms with Gasteiger partial charge in [0.25, 0.3) is 0 Å². The van der Waals surface area contributed by atoms with Gasteiger partial charge < -0.3 is 10.8 Å². The number of nitrogens with zero attached hydrogens (tertiary/aromatic N) is 2. The molecule has 1 aromatic rings. The van der Waals surface area contributed by atoms with Gasteiger partial charge in [0, 0.05) is 16.8 Å². The van der Waals surface area contributed by atoms with Crippen LogP contribution in [0.3, 0.4) is 0 Å². The molecule has 1 aromatic carbocycles. The van der Waals surface area contributed by atoms with Gasteiger partial charge >= 0.3 is 0 Å².